The second-order valence-electron chi connectivity index (χ2n) is 14.9. The molecule has 1 aromatic heterocycles. The van der Waals surface area contributed by atoms with Crippen molar-refractivity contribution in [3.05, 3.63) is 72.8 Å². The van der Waals surface area contributed by atoms with Gasteiger partial charge in [0.2, 0.25) is 6.71 Å². The number of benzene rings is 2. The van der Waals surface area contributed by atoms with E-state index in [2.05, 4.69) is 147 Å². The van der Waals surface area contributed by atoms with Crippen LogP contribution in [0.2, 0.25) is 5.82 Å². The molecule has 2 aromatic carbocycles. The monoisotopic (exact) mass is 574 g/mol. The maximum Gasteiger partial charge on any atom is 0.211 e. The molecular weight excluding hydrogens is 515 g/mol. The lowest BCUT2D eigenvalue weighted by Crippen LogP contribution is -2.44. The SMILES string of the molecule is CC(C)B(c1ccc(SC(C)(C)C)cc1)c1cccc(C(C)(C)C)c1.CCC(CC(C)CC(C)C)Cn1ccnc1. The average Bonchev–Trinajstić information content (AvgIpc) is 3.36. The van der Waals surface area contributed by atoms with E-state index < -0.39 is 0 Å². The molecule has 2 nitrogen and oxygen atoms in total. The molecule has 0 amide bonds. The van der Waals surface area contributed by atoms with Crippen LogP contribution in [0.15, 0.2) is 72.1 Å². The largest absolute Gasteiger partial charge is 0.337 e. The molecule has 1 heterocycles. The van der Waals surface area contributed by atoms with Crippen LogP contribution in [0.25, 0.3) is 0 Å². The predicted octanol–water partition coefficient (Wildman–Crippen LogP) is 9.88. The molecule has 0 fully saturated rings. The van der Waals surface area contributed by atoms with Crippen molar-refractivity contribution in [3.8, 4) is 0 Å². The van der Waals surface area contributed by atoms with E-state index in [9.17, 15) is 0 Å². The van der Waals surface area contributed by atoms with Gasteiger partial charge in [-0.25, -0.2) is 4.98 Å². The van der Waals surface area contributed by atoms with Crippen LogP contribution in [0.4, 0.5) is 0 Å². The summed E-state index contributed by atoms with van der Waals surface area (Å²) in [6.45, 7) is 29.2. The molecule has 0 radical (unpaired) electrons. The molecule has 3 aromatic rings. The Labute approximate surface area is 258 Å². The Balaban J connectivity index is 0.000000317. The number of hydrogen-bond acceptors (Lipinski definition) is 2. The first kappa shape index (κ1) is 35.3. The van der Waals surface area contributed by atoms with Gasteiger partial charge in [0.05, 0.1) is 6.33 Å². The number of aromatic nitrogens is 2. The number of thioether (sulfide) groups is 1. The van der Waals surface area contributed by atoms with Crippen LogP contribution in [0, 0.1) is 17.8 Å². The molecule has 226 valence electrons. The molecule has 0 N–H and O–H groups in total. The molecular formula is C37H59BN2S. The van der Waals surface area contributed by atoms with Gasteiger partial charge in [-0.1, -0.05) is 143 Å². The smallest absolute Gasteiger partial charge is 0.211 e. The third kappa shape index (κ3) is 12.9. The van der Waals surface area contributed by atoms with E-state index >= 15 is 0 Å². The highest BCUT2D eigenvalue weighted by molar-refractivity contribution is 8.00. The lowest BCUT2D eigenvalue weighted by atomic mass is 9.34. The second-order valence-corrected chi connectivity index (χ2v) is 16.8. The number of rotatable bonds is 11. The van der Waals surface area contributed by atoms with Crippen LogP contribution < -0.4 is 10.9 Å². The lowest BCUT2D eigenvalue weighted by molar-refractivity contribution is 0.307. The number of hydrogen-bond donors (Lipinski definition) is 0. The molecule has 3 rings (SSSR count). The van der Waals surface area contributed by atoms with E-state index in [4.69, 9.17) is 0 Å². The summed E-state index contributed by atoms with van der Waals surface area (Å²) in [4.78, 5) is 5.45. The lowest BCUT2D eigenvalue weighted by Gasteiger charge is -2.24. The Morgan fingerprint density at radius 1 is 0.854 bits per heavy atom. The fraction of sp³-hybridized carbons (Fsp3) is 0.595. The maximum absolute atomic E-state index is 4.10. The highest BCUT2D eigenvalue weighted by Crippen LogP contribution is 2.31. The molecule has 0 aliphatic rings. The highest BCUT2D eigenvalue weighted by Gasteiger charge is 2.25. The van der Waals surface area contributed by atoms with Gasteiger partial charge in [-0.05, 0) is 53.7 Å². The Kier molecular flexibility index (Phi) is 13.8. The molecule has 0 aliphatic carbocycles. The van der Waals surface area contributed by atoms with Gasteiger partial charge < -0.3 is 4.57 Å². The Morgan fingerprint density at radius 3 is 2.00 bits per heavy atom. The standard InChI is InChI=1S/C23H33BS.C14H26N2/c1-17(2)24(20-11-9-10-18(16-20)22(3,4)5)19-12-14-21(15-13-19)25-23(6,7)8;1-5-14(9-13(4)8-12(2)3)10-16-7-6-15-11-16/h9-17H,1-8H3;6-7,11-14H,5,8-10H2,1-4H3. The molecule has 0 saturated carbocycles. The average molecular weight is 575 g/mol. The predicted molar refractivity (Wildman–Crippen MR) is 187 cm³/mol. The molecule has 41 heavy (non-hydrogen) atoms. The van der Waals surface area contributed by atoms with Crippen molar-refractivity contribution in [2.24, 2.45) is 17.8 Å². The summed E-state index contributed by atoms with van der Waals surface area (Å²) in [5.74, 6) is 3.02. The fourth-order valence-corrected chi connectivity index (χ4v) is 6.77. The minimum absolute atomic E-state index is 0.185. The van der Waals surface area contributed by atoms with Crippen LogP contribution in [-0.4, -0.2) is 21.0 Å². The Bertz CT molecular complexity index is 1120. The summed E-state index contributed by atoms with van der Waals surface area (Å²) in [6.07, 6.45) is 9.81. The summed E-state index contributed by atoms with van der Waals surface area (Å²) in [6, 6.07) is 18.4. The fourth-order valence-electron chi connectivity index (χ4n) is 5.79. The Morgan fingerprint density at radius 2 is 1.51 bits per heavy atom. The zero-order chi connectivity index (χ0) is 30.8. The zero-order valence-corrected chi connectivity index (χ0v) is 29.2. The van der Waals surface area contributed by atoms with Gasteiger partial charge in [0, 0.05) is 28.6 Å². The van der Waals surface area contributed by atoms with Gasteiger partial charge in [-0.2, -0.15) is 0 Å². The third-order valence-corrected chi connectivity index (χ3v) is 8.78. The first-order chi connectivity index (χ1) is 19.1. The van der Waals surface area contributed by atoms with Crippen molar-refractivity contribution in [1.29, 1.82) is 0 Å². The van der Waals surface area contributed by atoms with E-state index in [1.807, 2.05) is 24.3 Å². The molecule has 0 aliphatic heterocycles. The van der Waals surface area contributed by atoms with E-state index in [0.717, 1.165) is 24.3 Å². The van der Waals surface area contributed by atoms with Crippen LogP contribution in [0.5, 0.6) is 0 Å². The summed E-state index contributed by atoms with van der Waals surface area (Å²) < 4.78 is 2.45. The topological polar surface area (TPSA) is 17.8 Å². The van der Waals surface area contributed by atoms with Crippen LogP contribution in [-0.2, 0) is 12.0 Å². The van der Waals surface area contributed by atoms with Gasteiger partial charge in [0.25, 0.3) is 0 Å². The first-order valence-corrected chi connectivity index (χ1v) is 16.8. The van der Waals surface area contributed by atoms with Crippen LogP contribution in [0.3, 0.4) is 0 Å². The van der Waals surface area contributed by atoms with Crippen molar-refractivity contribution >= 4 is 29.4 Å². The van der Waals surface area contributed by atoms with E-state index in [-0.39, 0.29) is 10.2 Å². The molecule has 0 bridgehead atoms. The zero-order valence-electron chi connectivity index (χ0n) is 28.4. The minimum atomic E-state index is 0.185. The van der Waals surface area contributed by atoms with Crippen molar-refractivity contribution in [2.45, 2.75) is 130 Å². The molecule has 2 unspecified atom stereocenters. The van der Waals surface area contributed by atoms with Crippen molar-refractivity contribution < 1.29 is 0 Å². The summed E-state index contributed by atoms with van der Waals surface area (Å²) in [5.41, 5.74) is 4.44. The molecule has 2 atom stereocenters. The van der Waals surface area contributed by atoms with Gasteiger partial charge in [-0.3, -0.25) is 0 Å². The molecule has 4 heteroatoms. The summed E-state index contributed by atoms with van der Waals surface area (Å²) in [5, 5.41) is 0. The molecule has 0 saturated heterocycles. The first-order valence-electron chi connectivity index (χ1n) is 15.9. The van der Waals surface area contributed by atoms with E-state index in [1.54, 1.807) is 0 Å². The van der Waals surface area contributed by atoms with Crippen molar-refractivity contribution in [3.63, 3.8) is 0 Å². The number of nitrogens with zero attached hydrogens (tertiary/aromatic N) is 2. The van der Waals surface area contributed by atoms with Gasteiger partial charge in [0.15, 0.2) is 0 Å². The summed E-state index contributed by atoms with van der Waals surface area (Å²) in [7, 11) is 0. The van der Waals surface area contributed by atoms with Crippen molar-refractivity contribution in [2.75, 3.05) is 0 Å². The van der Waals surface area contributed by atoms with Gasteiger partial charge in [-0.15, -0.1) is 11.8 Å². The molecule has 0 spiro atoms. The minimum Gasteiger partial charge on any atom is -0.337 e. The Hall–Kier alpha value is -1.94. The summed E-state index contributed by atoms with van der Waals surface area (Å²) >= 11 is 1.93. The highest BCUT2D eigenvalue weighted by atomic mass is 32.2. The second kappa shape index (κ2) is 16.1. The van der Waals surface area contributed by atoms with E-state index in [1.165, 1.54) is 40.6 Å². The maximum atomic E-state index is 4.10. The van der Waals surface area contributed by atoms with Gasteiger partial charge >= 0.3 is 0 Å². The normalized spacial score (nSPS) is 13.6. The number of imidazole rings is 1. The van der Waals surface area contributed by atoms with Crippen LogP contribution in [0.1, 0.15) is 108 Å². The quantitative estimate of drug-likeness (QED) is 0.168. The van der Waals surface area contributed by atoms with Gasteiger partial charge in [0.1, 0.15) is 0 Å². The van der Waals surface area contributed by atoms with Crippen LogP contribution >= 0.6 is 11.8 Å². The van der Waals surface area contributed by atoms with E-state index in [0.29, 0.717) is 12.5 Å². The third-order valence-electron chi connectivity index (χ3n) is 7.66. The van der Waals surface area contributed by atoms with Crippen molar-refractivity contribution in [1.82, 2.24) is 9.55 Å².